The molecule has 0 bridgehead atoms. The first kappa shape index (κ1) is 20.0. The van der Waals surface area contributed by atoms with Gasteiger partial charge in [-0.1, -0.05) is 0 Å². The Morgan fingerprint density at radius 2 is 1.56 bits per heavy atom. The van der Waals surface area contributed by atoms with Crippen molar-refractivity contribution < 1.29 is 13.6 Å². The molecule has 130 valence electrons. The molecule has 0 saturated heterocycles. The Morgan fingerprint density at radius 3 is 2.12 bits per heavy atom. The van der Waals surface area contributed by atoms with Crippen LogP contribution in [0.5, 0.6) is 0 Å². The second kappa shape index (κ2) is 10.6. The topological polar surface area (TPSA) is 35.5 Å². The Kier molecular flexibility index (Phi) is 8.50. The van der Waals surface area contributed by atoms with E-state index in [9.17, 15) is 4.57 Å². The molecule has 0 amide bonds. The third kappa shape index (κ3) is 6.83. The average molecular weight is 468 g/mol. The quantitative estimate of drug-likeness (QED) is 0.328. The summed E-state index contributed by atoms with van der Waals surface area (Å²) >= 11 is -0.872. The Hall–Kier alpha value is -1.32. The molecule has 0 radical (unpaired) electrons. The molecule has 0 aromatic heterocycles. The fourth-order valence-corrected chi connectivity index (χ4v) is 6.55. The van der Waals surface area contributed by atoms with Crippen molar-refractivity contribution in [1.29, 1.82) is 0 Å². The van der Waals surface area contributed by atoms with Crippen molar-refractivity contribution in [2.75, 3.05) is 13.2 Å². The molecule has 0 aliphatic rings. The van der Waals surface area contributed by atoms with Gasteiger partial charge in [-0.25, -0.2) is 0 Å². The normalized spacial score (nSPS) is 11.7. The second-order valence-electron chi connectivity index (χ2n) is 4.93. The van der Waals surface area contributed by atoms with E-state index in [0.717, 1.165) is 14.7 Å². The molecule has 2 aromatic rings. The van der Waals surface area contributed by atoms with Crippen molar-refractivity contribution in [2.24, 2.45) is 0 Å². The molecule has 0 heterocycles. The van der Waals surface area contributed by atoms with E-state index in [2.05, 4.69) is 9.89 Å². The summed E-state index contributed by atoms with van der Waals surface area (Å²) in [5, 5.41) is 0. The Labute approximate surface area is 160 Å². The number of hydrogen-bond donors (Lipinski definition) is 0. The molecular formula is C20H21O3PTe. The van der Waals surface area contributed by atoms with Crippen LogP contribution in [0.15, 0.2) is 66.5 Å². The summed E-state index contributed by atoms with van der Waals surface area (Å²) in [6.07, 6.45) is 0. The van der Waals surface area contributed by atoms with Crippen molar-refractivity contribution in [3.8, 4) is 9.89 Å². The van der Waals surface area contributed by atoms with E-state index < -0.39 is 28.5 Å². The molecule has 5 heteroatoms. The monoisotopic (exact) mass is 470 g/mol. The molecule has 0 atom stereocenters. The van der Waals surface area contributed by atoms with Gasteiger partial charge in [-0.05, 0) is 0 Å². The number of rotatable bonds is 7. The van der Waals surface area contributed by atoms with Gasteiger partial charge in [0, 0.05) is 0 Å². The van der Waals surface area contributed by atoms with Crippen LogP contribution in [0, 0.1) is 9.89 Å². The molecule has 25 heavy (non-hydrogen) atoms. The van der Waals surface area contributed by atoms with Gasteiger partial charge in [-0.2, -0.15) is 0 Å². The summed E-state index contributed by atoms with van der Waals surface area (Å²) in [6, 6.07) is 19.8. The molecule has 2 rings (SSSR count). The Morgan fingerprint density at radius 1 is 1.00 bits per heavy atom. The van der Waals surface area contributed by atoms with Crippen molar-refractivity contribution in [1.82, 2.24) is 0 Å². The van der Waals surface area contributed by atoms with Gasteiger partial charge in [0.2, 0.25) is 0 Å². The second-order valence-corrected chi connectivity index (χ2v) is 9.20. The van der Waals surface area contributed by atoms with Crippen LogP contribution in [0.2, 0.25) is 0 Å². The van der Waals surface area contributed by atoms with E-state index in [4.69, 9.17) is 9.05 Å². The number of hydrogen-bond acceptors (Lipinski definition) is 3. The van der Waals surface area contributed by atoms with Crippen LogP contribution in [0.25, 0.3) is 3.62 Å². The molecule has 0 aliphatic heterocycles. The molecule has 3 nitrogen and oxygen atoms in total. The van der Waals surface area contributed by atoms with Crippen molar-refractivity contribution >= 4 is 32.1 Å². The van der Waals surface area contributed by atoms with Crippen LogP contribution in [-0.4, -0.2) is 34.1 Å². The first-order chi connectivity index (χ1) is 12.2. The first-order valence-corrected chi connectivity index (χ1v) is 12.0. The average Bonchev–Trinajstić information content (AvgIpc) is 2.63. The maximum absolute atomic E-state index is 12.9. The summed E-state index contributed by atoms with van der Waals surface area (Å²) in [6.45, 7) is 4.30. The van der Waals surface area contributed by atoms with Crippen LogP contribution in [0.3, 0.4) is 0 Å². The van der Waals surface area contributed by atoms with Gasteiger partial charge in [0.05, 0.1) is 0 Å². The Balaban J connectivity index is 2.32. The molecule has 0 unspecified atom stereocenters. The fraction of sp³-hybridized carbons (Fsp3) is 0.200. The molecule has 0 saturated carbocycles. The van der Waals surface area contributed by atoms with Crippen molar-refractivity contribution in [3.63, 3.8) is 0 Å². The van der Waals surface area contributed by atoms with Crippen LogP contribution in [0.1, 0.15) is 25.0 Å². The van der Waals surface area contributed by atoms with Crippen LogP contribution in [-0.2, 0) is 13.6 Å². The number of benzene rings is 2. The Bertz CT molecular complexity index is 782. The first-order valence-electron chi connectivity index (χ1n) is 8.07. The summed E-state index contributed by atoms with van der Waals surface area (Å²) in [5.74, 6) is 4.85. The van der Waals surface area contributed by atoms with Crippen LogP contribution < -0.4 is 0 Å². The van der Waals surface area contributed by atoms with Gasteiger partial charge in [0.1, 0.15) is 0 Å². The van der Waals surface area contributed by atoms with E-state index in [1.54, 1.807) is 5.82 Å². The van der Waals surface area contributed by atoms with Crippen LogP contribution in [0.4, 0.5) is 0 Å². The standard InChI is InChI=1S/C20H21O3PTe/c1-3-22-24(21,23-4-2)17-20(19-13-9-6-10-14-19)25-16-15-18-11-7-5-8-12-18/h5-14,17H,3-4H2,1-2H3/b20-17-. The van der Waals surface area contributed by atoms with E-state index in [0.29, 0.717) is 13.2 Å². The van der Waals surface area contributed by atoms with Crippen LogP contribution >= 0.6 is 7.60 Å². The van der Waals surface area contributed by atoms with Crippen molar-refractivity contribution in [3.05, 3.63) is 77.6 Å². The molecule has 2 aromatic carbocycles. The van der Waals surface area contributed by atoms with Gasteiger partial charge in [-0.15, -0.1) is 0 Å². The van der Waals surface area contributed by atoms with Gasteiger partial charge < -0.3 is 0 Å². The van der Waals surface area contributed by atoms with Gasteiger partial charge >= 0.3 is 160 Å². The van der Waals surface area contributed by atoms with E-state index in [-0.39, 0.29) is 0 Å². The third-order valence-corrected chi connectivity index (χ3v) is 7.65. The zero-order valence-electron chi connectivity index (χ0n) is 14.3. The van der Waals surface area contributed by atoms with Gasteiger partial charge in [-0.3, -0.25) is 0 Å². The summed E-state index contributed by atoms with van der Waals surface area (Å²) in [7, 11) is -3.25. The predicted octanol–water partition coefficient (Wildman–Crippen LogP) is 4.96. The summed E-state index contributed by atoms with van der Waals surface area (Å²) in [4.78, 5) is 0. The third-order valence-electron chi connectivity index (χ3n) is 3.08. The predicted molar refractivity (Wildman–Crippen MR) is 104 cm³/mol. The van der Waals surface area contributed by atoms with E-state index in [1.807, 2.05) is 74.5 Å². The zero-order valence-corrected chi connectivity index (χ0v) is 17.6. The SMILES string of the molecule is CCOP(=O)(/C=C(\[Te]C#Cc1ccccc1)c1ccccc1)OCC. The molecule has 0 spiro atoms. The zero-order chi connectivity index (χ0) is 18.0. The summed E-state index contributed by atoms with van der Waals surface area (Å²) in [5.41, 5.74) is 2.00. The minimum atomic E-state index is -3.25. The van der Waals surface area contributed by atoms with Gasteiger partial charge in [0.15, 0.2) is 0 Å². The molecular weight excluding hydrogens is 447 g/mol. The molecule has 0 fully saturated rings. The molecule has 0 N–H and O–H groups in total. The maximum atomic E-state index is 12.9. The fourth-order valence-electron chi connectivity index (χ4n) is 2.04. The van der Waals surface area contributed by atoms with E-state index in [1.165, 1.54) is 0 Å². The summed E-state index contributed by atoms with van der Waals surface area (Å²) < 4.78 is 28.0. The van der Waals surface area contributed by atoms with Crippen molar-refractivity contribution in [2.45, 2.75) is 13.8 Å². The minimum absolute atomic E-state index is 0.339. The van der Waals surface area contributed by atoms with Gasteiger partial charge in [0.25, 0.3) is 0 Å². The molecule has 0 aliphatic carbocycles. The van der Waals surface area contributed by atoms with E-state index >= 15 is 0 Å².